The molecule has 1 amide bonds. The lowest BCUT2D eigenvalue weighted by Gasteiger charge is -2.35. The fraction of sp³-hybridized carbons (Fsp3) is 0.588. The van der Waals surface area contributed by atoms with Crippen molar-refractivity contribution in [1.82, 2.24) is 20.2 Å². The van der Waals surface area contributed by atoms with E-state index in [1.807, 2.05) is 24.4 Å². The largest absolute Gasteiger partial charge is 0.352 e. The first kappa shape index (κ1) is 18.3. The summed E-state index contributed by atoms with van der Waals surface area (Å²) in [6.07, 6.45) is 3.49. The molecule has 136 valence electrons. The van der Waals surface area contributed by atoms with Gasteiger partial charge in [-0.2, -0.15) is 0 Å². The Morgan fingerprint density at radius 3 is 2.96 bits per heavy atom. The Morgan fingerprint density at radius 1 is 1.44 bits per heavy atom. The third kappa shape index (κ3) is 4.00. The van der Waals surface area contributed by atoms with Gasteiger partial charge in [-0.1, -0.05) is 44.5 Å². The van der Waals surface area contributed by atoms with Crippen molar-refractivity contribution in [2.45, 2.75) is 56.5 Å². The van der Waals surface area contributed by atoms with Gasteiger partial charge in [-0.3, -0.25) is 4.79 Å². The summed E-state index contributed by atoms with van der Waals surface area (Å²) in [6.45, 7) is 6.39. The molecule has 3 rings (SSSR count). The van der Waals surface area contributed by atoms with Crippen molar-refractivity contribution in [3.8, 4) is 10.7 Å². The fourth-order valence-electron chi connectivity index (χ4n) is 3.23. The lowest BCUT2D eigenvalue weighted by Crippen LogP contribution is -2.46. The predicted molar refractivity (Wildman–Crippen MR) is 103 cm³/mol. The van der Waals surface area contributed by atoms with Crippen LogP contribution >= 0.6 is 23.1 Å². The summed E-state index contributed by atoms with van der Waals surface area (Å²) >= 11 is 2.90. The van der Waals surface area contributed by atoms with Crippen LogP contribution in [0.3, 0.4) is 0 Å². The van der Waals surface area contributed by atoms with Crippen LogP contribution in [0.25, 0.3) is 10.7 Å². The van der Waals surface area contributed by atoms with Gasteiger partial charge in [-0.25, -0.2) is 4.68 Å². The molecule has 1 aliphatic carbocycles. The van der Waals surface area contributed by atoms with Gasteiger partial charge < -0.3 is 11.2 Å². The van der Waals surface area contributed by atoms with Gasteiger partial charge in [0.25, 0.3) is 0 Å². The van der Waals surface area contributed by atoms with Crippen molar-refractivity contribution in [3.05, 3.63) is 17.5 Å². The van der Waals surface area contributed by atoms with Gasteiger partial charge in [-0.05, 0) is 36.6 Å². The summed E-state index contributed by atoms with van der Waals surface area (Å²) < 4.78 is 1.46. The van der Waals surface area contributed by atoms with Gasteiger partial charge in [0, 0.05) is 6.04 Å². The van der Waals surface area contributed by atoms with Gasteiger partial charge in [0.15, 0.2) is 5.82 Å². The minimum atomic E-state index is -0.271. The third-order valence-electron chi connectivity index (χ3n) is 5.09. The van der Waals surface area contributed by atoms with E-state index in [-0.39, 0.29) is 17.2 Å². The van der Waals surface area contributed by atoms with Crippen LogP contribution in [0.5, 0.6) is 0 Å². The van der Waals surface area contributed by atoms with Crippen molar-refractivity contribution in [3.63, 3.8) is 0 Å². The first-order valence-electron chi connectivity index (χ1n) is 8.68. The fourth-order valence-corrected chi connectivity index (χ4v) is 4.71. The first-order chi connectivity index (χ1) is 12.0. The molecule has 0 saturated heterocycles. The lowest BCUT2D eigenvalue weighted by molar-refractivity contribution is -0.121. The molecule has 1 saturated carbocycles. The summed E-state index contributed by atoms with van der Waals surface area (Å²) in [4.78, 5) is 13.5. The van der Waals surface area contributed by atoms with Crippen LogP contribution in [-0.4, -0.2) is 32.1 Å². The van der Waals surface area contributed by atoms with Crippen molar-refractivity contribution < 1.29 is 4.79 Å². The molecule has 2 aromatic rings. The Kier molecular flexibility index (Phi) is 5.68. The Morgan fingerprint density at radius 2 is 2.24 bits per heavy atom. The minimum absolute atomic E-state index is 0.0385. The SMILES string of the molecule is C[C@H]1[C@@H](C)CCC[C@H]1NC(=O)[C@H](C)Sc1nnc(-c2cccs2)n1N. The summed E-state index contributed by atoms with van der Waals surface area (Å²) in [5.41, 5.74) is 0. The molecular weight excluding hydrogens is 354 g/mol. The Labute approximate surface area is 156 Å². The van der Waals surface area contributed by atoms with E-state index in [0.29, 0.717) is 22.8 Å². The van der Waals surface area contributed by atoms with Crippen molar-refractivity contribution in [2.24, 2.45) is 11.8 Å². The number of hydrogen-bond donors (Lipinski definition) is 2. The van der Waals surface area contributed by atoms with E-state index in [4.69, 9.17) is 5.84 Å². The molecule has 2 aromatic heterocycles. The molecule has 1 fully saturated rings. The quantitative estimate of drug-likeness (QED) is 0.616. The van der Waals surface area contributed by atoms with Crippen molar-refractivity contribution in [1.29, 1.82) is 0 Å². The number of nitrogens with one attached hydrogen (secondary N) is 1. The number of nitrogen functional groups attached to an aromatic ring is 1. The first-order valence-corrected chi connectivity index (χ1v) is 10.4. The number of carbonyl (C=O) groups excluding carboxylic acids is 1. The van der Waals surface area contributed by atoms with Gasteiger partial charge in [0.2, 0.25) is 11.1 Å². The van der Waals surface area contributed by atoms with Crippen LogP contribution in [-0.2, 0) is 4.79 Å². The van der Waals surface area contributed by atoms with Crippen LogP contribution in [0, 0.1) is 11.8 Å². The number of nitrogens with zero attached hydrogens (tertiary/aromatic N) is 3. The number of thiophene rings is 1. The minimum Gasteiger partial charge on any atom is -0.352 e. The van der Waals surface area contributed by atoms with E-state index < -0.39 is 0 Å². The smallest absolute Gasteiger partial charge is 0.233 e. The molecule has 0 spiro atoms. The standard InChI is InChI=1S/C17H25N5OS2/c1-10-6-4-7-13(11(10)2)19-16(23)12(3)25-17-21-20-15(22(17)18)14-8-5-9-24-14/h5,8-13H,4,6-7,18H2,1-3H3,(H,19,23)/t10-,11-,12-,13+/m0/s1. The highest BCUT2D eigenvalue weighted by atomic mass is 32.2. The number of thioether (sulfide) groups is 1. The number of rotatable bonds is 5. The number of nitrogens with two attached hydrogens (primary N) is 1. The van der Waals surface area contributed by atoms with Gasteiger partial charge >= 0.3 is 0 Å². The average molecular weight is 380 g/mol. The molecule has 2 heterocycles. The van der Waals surface area contributed by atoms with Crippen LogP contribution < -0.4 is 11.2 Å². The third-order valence-corrected chi connectivity index (χ3v) is 7.01. The van der Waals surface area contributed by atoms with Crippen LogP contribution in [0.4, 0.5) is 0 Å². The Hall–Kier alpha value is -1.54. The van der Waals surface area contributed by atoms with E-state index >= 15 is 0 Å². The van der Waals surface area contributed by atoms with E-state index in [1.54, 1.807) is 11.3 Å². The number of amides is 1. The maximum atomic E-state index is 12.6. The van der Waals surface area contributed by atoms with Gasteiger partial charge in [0.1, 0.15) is 0 Å². The normalized spacial score (nSPS) is 24.8. The summed E-state index contributed by atoms with van der Waals surface area (Å²) in [5.74, 6) is 7.94. The maximum Gasteiger partial charge on any atom is 0.233 e. The molecule has 0 aromatic carbocycles. The zero-order chi connectivity index (χ0) is 18.0. The van der Waals surface area contributed by atoms with E-state index in [9.17, 15) is 4.79 Å². The van der Waals surface area contributed by atoms with Gasteiger partial charge in [0.05, 0.1) is 10.1 Å². The monoisotopic (exact) mass is 379 g/mol. The van der Waals surface area contributed by atoms with Crippen molar-refractivity contribution in [2.75, 3.05) is 5.84 Å². The highest BCUT2D eigenvalue weighted by molar-refractivity contribution is 8.00. The number of carbonyl (C=O) groups is 1. The molecule has 0 aliphatic heterocycles. The van der Waals surface area contributed by atoms with E-state index in [0.717, 1.165) is 11.3 Å². The molecule has 8 heteroatoms. The van der Waals surface area contributed by atoms with Crippen LogP contribution in [0.2, 0.25) is 0 Å². The summed E-state index contributed by atoms with van der Waals surface area (Å²) in [7, 11) is 0. The zero-order valence-corrected chi connectivity index (χ0v) is 16.4. The second-order valence-electron chi connectivity index (χ2n) is 6.80. The zero-order valence-electron chi connectivity index (χ0n) is 14.8. The summed E-state index contributed by atoms with van der Waals surface area (Å²) in [5, 5.41) is 13.8. The molecule has 25 heavy (non-hydrogen) atoms. The molecule has 6 nitrogen and oxygen atoms in total. The highest BCUT2D eigenvalue weighted by Gasteiger charge is 2.30. The number of hydrogen-bond acceptors (Lipinski definition) is 6. The topological polar surface area (TPSA) is 85.8 Å². The van der Waals surface area contributed by atoms with Gasteiger partial charge in [-0.15, -0.1) is 21.5 Å². The molecule has 3 N–H and O–H groups in total. The van der Waals surface area contributed by atoms with E-state index in [1.165, 1.54) is 29.3 Å². The lowest BCUT2D eigenvalue weighted by atomic mass is 9.78. The van der Waals surface area contributed by atoms with Crippen molar-refractivity contribution >= 4 is 29.0 Å². The molecule has 0 bridgehead atoms. The Balaban J connectivity index is 1.62. The molecular formula is C17H25N5OS2. The number of aromatic nitrogens is 3. The van der Waals surface area contributed by atoms with Crippen LogP contribution in [0.15, 0.2) is 22.7 Å². The molecule has 1 aliphatic rings. The Bertz CT molecular complexity index is 715. The highest BCUT2D eigenvalue weighted by Crippen LogP contribution is 2.31. The average Bonchev–Trinajstić information content (AvgIpc) is 3.22. The molecule has 4 atom stereocenters. The predicted octanol–water partition coefficient (Wildman–Crippen LogP) is 3.14. The summed E-state index contributed by atoms with van der Waals surface area (Å²) in [6, 6.07) is 4.16. The molecule has 0 radical (unpaired) electrons. The second kappa shape index (κ2) is 7.78. The van der Waals surface area contributed by atoms with Crippen LogP contribution in [0.1, 0.15) is 40.0 Å². The maximum absolute atomic E-state index is 12.6. The molecule has 0 unspecified atom stereocenters. The second-order valence-corrected chi connectivity index (χ2v) is 9.05. The van der Waals surface area contributed by atoms with E-state index in [2.05, 4.69) is 29.4 Å².